The number of nitrogens with zero attached hydrogens (tertiary/aromatic N) is 6. The fraction of sp³-hybridized carbons (Fsp3) is 0.538. The van der Waals surface area contributed by atoms with Crippen molar-refractivity contribution in [1.29, 1.82) is 0 Å². The Bertz CT molecular complexity index is 1170. The highest BCUT2D eigenvalue weighted by molar-refractivity contribution is 6.31. The molecule has 3 fully saturated rings. The summed E-state index contributed by atoms with van der Waals surface area (Å²) in [5, 5.41) is 4.79. The third-order valence-electron chi connectivity index (χ3n) is 7.70. The first kappa shape index (κ1) is 25.5. The molecule has 3 amide bonds. The second kappa shape index (κ2) is 10.7. The molecule has 0 saturated carbocycles. The van der Waals surface area contributed by atoms with Crippen LogP contribution in [0.1, 0.15) is 25.3 Å². The zero-order valence-electron chi connectivity index (χ0n) is 21.3. The molecular formula is C26H33ClN6O4. The Kier molecular flexibility index (Phi) is 7.39. The van der Waals surface area contributed by atoms with Crippen LogP contribution in [0.3, 0.4) is 0 Å². The van der Waals surface area contributed by atoms with E-state index in [2.05, 4.69) is 10.00 Å². The van der Waals surface area contributed by atoms with Gasteiger partial charge in [-0.2, -0.15) is 9.78 Å². The number of ether oxygens (including phenoxy) is 1. The molecule has 3 aliphatic rings. The van der Waals surface area contributed by atoms with E-state index in [-0.39, 0.29) is 24.5 Å². The molecule has 1 aromatic heterocycles. The van der Waals surface area contributed by atoms with Gasteiger partial charge in [0.15, 0.2) is 6.61 Å². The van der Waals surface area contributed by atoms with Crippen molar-refractivity contribution < 1.29 is 19.1 Å². The predicted molar refractivity (Wildman–Crippen MR) is 139 cm³/mol. The zero-order valence-corrected chi connectivity index (χ0v) is 22.1. The predicted octanol–water partition coefficient (Wildman–Crippen LogP) is 2.55. The summed E-state index contributed by atoms with van der Waals surface area (Å²) in [5.41, 5.74) is 1.62. The number of amides is 3. The van der Waals surface area contributed by atoms with Gasteiger partial charge >= 0.3 is 6.03 Å². The van der Waals surface area contributed by atoms with Gasteiger partial charge in [0.1, 0.15) is 5.75 Å². The van der Waals surface area contributed by atoms with Crippen molar-refractivity contribution in [3.8, 4) is 5.75 Å². The Morgan fingerprint density at radius 2 is 1.78 bits per heavy atom. The molecule has 5 rings (SSSR count). The van der Waals surface area contributed by atoms with Crippen LogP contribution in [0.5, 0.6) is 5.75 Å². The van der Waals surface area contributed by atoms with Gasteiger partial charge in [-0.3, -0.25) is 14.5 Å². The van der Waals surface area contributed by atoms with Crippen molar-refractivity contribution in [2.24, 2.45) is 11.8 Å². The number of hydrogen-bond donors (Lipinski definition) is 0. The Balaban J connectivity index is 1.11. The third kappa shape index (κ3) is 5.60. The summed E-state index contributed by atoms with van der Waals surface area (Å²) >= 11 is 6.56. The number of likely N-dealkylation sites (tertiary alicyclic amines) is 3. The van der Waals surface area contributed by atoms with Gasteiger partial charge in [-0.15, -0.1) is 0 Å². The second-order valence-corrected chi connectivity index (χ2v) is 10.7. The smallest absolute Gasteiger partial charge is 0.344 e. The quantitative estimate of drug-likeness (QED) is 0.572. The van der Waals surface area contributed by atoms with Crippen LogP contribution in [0.2, 0.25) is 5.02 Å². The SMILES string of the molecule is CC(=O)N(C)c1cnn(C(=O)N2CC3CN(Cc4ccc(OCC(=O)N5CCCC5)cc4Cl)CC3C2)c1. The van der Waals surface area contributed by atoms with Crippen molar-refractivity contribution in [2.45, 2.75) is 26.3 Å². The highest BCUT2D eigenvalue weighted by atomic mass is 35.5. The van der Waals surface area contributed by atoms with Gasteiger partial charge in [-0.05, 0) is 42.4 Å². The molecule has 2 unspecified atom stereocenters. The normalized spacial score (nSPS) is 21.4. The van der Waals surface area contributed by atoms with Crippen LogP contribution >= 0.6 is 11.6 Å². The number of halogens is 1. The largest absolute Gasteiger partial charge is 0.484 e. The maximum Gasteiger partial charge on any atom is 0.344 e. The zero-order chi connectivity index (χ0) is 26.1. The van der Waals surface area contributed by atoms with Crippen molar-refractivity contribution in [1.82, 2.24) is 24.5 Å². The molecule has 1 aromatic carbocycles. The van der Waals surface area contributed by atoms with Crippen molar-refractivity contribution >= 4 is 35.1 Å². The Morgan fingerprint density at radius 1 is 1.08 bits per heavy atom. The maximum absolute atomic E-state index is 13.0. The van der Waals surface area contributed by atoms with E-state index in [0.29, 0.717) is 41.4 Å². The van der Waals surface area contributed by atoms with Gasteiger partial charge in [0, 0.05) is 64.8 Å². The van der Waals surface area contributed by atoms with E-state index in [0.717, 1.165) is 51.1 Å². The highest BCUT2D eigenvalue weighted by Crippen LogP contribution is 2.33. The summed E-state index contributed by atoms with van der Waals surface area (Å²) in [6.45, 7) is 7.02. The van der Waals surface area contributed by atoms with Crippen LogP contribution < -0.4 is 9.64 Å². The van der Waals surface area contributed by atoms with Crippen LogP contribution in [0.15, 0.2) is 30.6 Å². The lowest BCUT2D eigenvalue weighted by atomic mass is 10.0. The van der Waals surface area contributed by atoms with Crippen LogP contribution in [-0.4, -0.2) is 95.2 Å². The minimum atomic E-state index is -0.161. The van der Waals surface area contributed by atoms with Crippen LogP contribution in [0.4, 0.5) is 10.5 Å². The monoisotopic (exact) mass is 528 g/mol. The molecule has 10 nitrogen and oxygen atoms in total. The Morgan fingerprint density at radius 3 is 2.43 bits per heavy atom. The second-order valence-electron chi connectivity index (χ2n) is 10.3. The number of aromatic nitrogens is 2. The van der Waals surface area contributed by atoms with Crippen LogP contribution in [0, 0.1) is 11.8 Å². The minimum absolute atomic E-state index is 0.0187. The first-order chi connectivity index (χ1) is 17.8. The van der Waals surface area contributed by atoms with Crippen LogP contribution in [0.25, 0.3) is 0 Å². The van der Waals surface area contributed by atoms with E-state index in [1.807, 2.05) is 21.9 Å². The molecule has 0 bridgehead atoms. The average Bonchev–Trinajstić information content (AvgIpc) is 3.67. The van der Waals surface area contributed by atoms with Gasteiger partial charge < -0.3 is 19.4 Å². The number of benzene rings is 1. The van der Waals surface area contributed by atoms with Gasteiger partial charge in [0.2, 0.25) is 5.91 Å². The molecule has 198 valence electrons. The number of anilines is 1. The van der Waals surface area contributed by atoms with E-state index >= 15 is 0 Å². The van der Waals surface area contributed by atoms with E-state index in [4.69, 9.17) is 16.3 Å². The summed E-state index contributed by atoms with van der Waals surface area (Å²) in [6.07, 6.45) is 5.25. The van der Waals surface area contributed by atoms with Crippen molar-refractivity contribution in [3.05, 3.63) is 41.2 Å². The van der Waals surface area contributed by atoms with Crippen molar-refractivity contribution in [2.75, 3.05) is 57.8 Å². The molecule has 2 atom stereocenters. The van der Waals surface area contributed by atoms with Crippen LogP contribution in [-0.2, 0) is 16.1 Å². The molecule has 4 heterocycles. The molecule has 0 radical (unpaired) electrons. The molecule has 2 aromatic rings. The number of carbonyl (C=O) groups excluding carboxylic acids is 3. The fourth-order valence-corrected chi connectivity index (χ4v) is 5.71. The molecular weight excluding hydrogens is 496 g/mol. The Labute approximate surface area is 221 Å². The topological polar surface area (TPSA) is 91.2 Å². The molecule has 0 spiro atoms. The maximum atomic E-state index is 13.0. The fourth-order valence-electron chi connectivity index (χ4n) is 5.48. The average molecular weight is 529 g/mol. The van der Waals surface area contributed by atoms with Gasteiger partial charge in [0.25, 0.3) is 5.91 Å². The number of fused-ring (bicyclic) bond motifs is 1. The summed E-state index contributed by atoms with van der Waals surface area (Å²) < 4.78 is 7.01. The standard InChI is InChI=1S/C26H33ClN6O4/c1-18(34)29(2)22-10-28-33(16-22)26(36)32-14-20-12-30(13-21(20)15-32)11-19-5-6-23(9-24(19)27)37-17-25(35)31-7-3-4-8-31/h5-6,9-10,16,20-21H,3-4,7-8,11-15,17H2,1-2H3. The lowest BCUT2D eigenvalue weighted by Crippen LogP contribution is -2.36. The molecule has 0 N–H and O–H groups in total. The molecule has 37 heavy (non-hydrogen) atoms. The lowest BCUT2D eigenvalue weighted by Gasteiger charge is -2.22. The number of hydrogen-bond acceptors (Lipinski definition) is 6. The molecule has 3 aliphatic heterocycles. The van der Waals surface area contributed by atoms with E-state index in [9.17, 15) is 14.4 Å². The first-order valence-electron chi connectivity index (χ1n) is 12.8. The summed E-state index contributed by atoms with van der Waals surface area (Å²) in [7, 11) is 1.66. The van der Waals surface area contributed by atoms with Gasteiger partial charge in [-0.1, -0.05) is 17.7 Å². The third-order valence-corrected chi connectivity index (χ3v) is 8.05. The minimum Gasteiger partial charge on any atom is -0.484 e. The Hall–Kier alpha value is -3.11. The van der Waals surface area contributed by atoms with Crippen molar-refractivity contribution in [3.63, 3.8) is 0 Å². The summed E-state index contributed by atoms with van der Waals surface area (Å²) in [5.74, 6) is 1.31. The molecule has 11 heteroatoms. The molecule has 3 saturated heterocycles. The van der Waals surface area contributed by atoms with Gasteiger partial charge in [0.05, 0.1) is 18.1 Å². The van der Waals surface area contributed by atoms with E-state index < -0.39 is 0 Å². The van der Waals surface area contributed by atoms with E-state index in [1.54, 1.807) is 19.3 Å². The summed E-state index contributed by atoms with van der Waals surface area (Å²) in [4.78, 5) is 44.3. The summed E-state index contributed by atoms with van der Waals surface area (Å²) in [6, 6.07) is 5.46. The highest BCUT2D eigenvalue weighted by Gasteiger charge is 2.42. The lowest BCUT2D eigenvalue weighted by molar-refractivity contribution is -0.132. The first-order valence-corrected chi connectivity index (χ1v) is 13.2. The van der Waals surface area contributed by atoms with E-state index in [1.165, 1.54) is 22.7 Å². The molecule has 0 aliphatic carbocycles. The van der Waals surface area contributed by atoms with Gasteiger partial charge in [-0.25, -0.2) is 4.79 Å². The number of carbonyl (C=O) groups is 3. The number of rotatable bonds is 6.